The van der Waals surface area contributed by atoms with E-state index in [4.69, 9.17) is 22.4 Å². The van der Waals surface area contributed by atoms with Crippen LogP contribution in [0.4, 0.5) is 0 Å². The van der Waals surface area contributed by atoms with E-state index in [1.807, 2.05) is 24.3 Å². The molecule has 0 aliphatic carbocycles. The maximum absolute atomic E-state index is 10.3. The van der Waals surface area contributed by atoms with Gasteiger partial charge in [-0.05, 0) is 24.0 Å². The zero-order valence-corrected chi connectivity index (χ0v) is 9.95. The molecule has 3 nitrogen and oxygen atoms in total. The number of nitrogens with two attached hydrogens (primary N) is 1. The molecule has 0 bridgehead atoms. The second-order valence-corrected chi connectivity index (χ2v) is 4.22. The minimum atomic E-state index is -1.04. The topological polar surface area (TPSA) is 66.5 Å². The van der Waals surface area contributed by atoms with E-state index in [-0.39, 0.29) is 13.2 Å². The summed E-state index contributed by atoms with van der Waals surface area (Å²) in [6.07, 6.45) is 1.06. The van der Waals surface area contributed by atoms with E-state index in [0.29, 0.717) is 18.7 Å². The Bertz CT molecular complexity index is 315. The first-order chi connectivity index (χ1) is 7.66. The van der Waals surface area contributed by atoms with Gasteiger partial charge in [0.05, 0.1) is 0 Å². The highest BCUT2D eigenvalue weighted by Crippen LogP contribution is 2.24. The third-order valence-corrected chi connectivity index (χ3v) is 2.93. The number of rotatable bonds is 6. The Morgan fingerprint density at radius 1 is 1.25 bits per heavy atom. The molecule has 0 spiro atoms. The largest absolute Gasteiger partial charge is 0.396 e. The number of aliphatic hydroxyl groups is 2. The van der Waals surface area contributed by atoms with Crippen LogP contribution >= 0.6 is 11.6 Å². The van der Waals surface area contributed by atoms with Crippen molar-refractivity contribution in [3.05, 3.63) is 35.4 Å². The van der Waals surface area contributed by atoms with Crippen molar-refractivity contribution in [2.45, 2.75) is 18.4 Å². The molecule has 1 atom stereocenters. The summed E-state index contributed by atoms with van der Waals surface area (Å²) in [5.41, 5.74) is 6.34. The first-order valence-corrected chi connectivity index (χ1v) is 5.88. The molecule has 0 amide bonds. The van der Waals surface area contributed by atoms with Gasteiger partial charge in [-0.15, -0.1) is 11.6 Å². The molecule has 0 radical (unpaired) electrons. The van der Waals surface area contributed by atoms with Crippen molar-refractivity contribution in [1.82, 2.24) is 0 Å². The fourth-order valence-corrected chi connectivity index (χ4v) is 1.94. The summed E-state index contributed by atoms with van der Waals surface area (Å²) in [5.74, 6) is 0.367. The number of alkyl halides is 1. The maximum Gasteiger partial charge on any atom is 0.103 e. The molecule has 0 saturated heterocycles. The van der Waals surface area contributed by atoms with Gasteiger partial charge in [-0.1, -0.05) is 24.3 Å². The van der Waals surface area contributed by atoms with Gasteiger partial charge in [0.1, 0.15) is 5.60 Å². The molecule has 1 aromatic carbocycles. The molecule has 0 aromatic heterocycles. The summed E-state index contributed by atoms with van der Waals surface area (Å²) in [4.78, 5) is 0. The Kier molecular flexibility index (Phi) is 5.22. The SMILES string of the molecule is NC[C@@](O)(CCCl)c1ccc(CCO)cc1. The molecule has 1 rings (SSSR count). The van der Waals surface area contributed by atoms with Crippen LogP contribution in [0.15, 0.2) is 24.3 Å². The van der Waals surface area contributed by atoms with Crippen LogP contribution in [0.3, 0.4) is 0 Å². The number of hydrogen-bond acceptors (Lipinski definition) is 3. The molecule has 1 aromatic rings. The Balaban J connectivity index is 2.85. The van der Waals surface area contributed by atoms with Crippen LogP contribution in [0.25, 0.3) is 0 Å². The standard InChI is InChI=1S/C12H18ClNO2/c13-7-6-12(16,9-14)11-3-1-10(2-4-11)5-8-15/h1-4,15-16H,5-9,14H2/t12-/m0/s1. The van der Waals surface area contributed by atoms with Crippen LogP contribution in [0.1, 0.15) is 17.5 Å². The van der Waals surface area contributed by atoms with Crippen molar-refractivity contribution in [3.8, 4) is 0 Å². The van der Waals surface area contributed by atoms with Gasteiger partial charge in [0.15, 0.2) is 0 Å². The first-order valence-electron chi connectivity index (χ1n) is 5.35. The Labute approximate surface area is 101 Å². The van der Waals surface area contributed by atoms with Gasteiger partial charge in [0, 0.05) is 19.0 Å². The van der Waals surface area contributed by atoms with E-state index in [2.05, 4.69) is 0 Å². The van der Waals surface area contributed by atoms with Gasteiger partial charge in [-0.3, -0.25) is 0 Å². The predicted molar refractivity (Wildman–Crippen MR) is 65.5 cm³/mol. The molecular formula is C12H18ClNO2. The van der Waals surface area contributed by atoms with Crippen molar-refractivity contribution < 1.29 is 10.2 Å². The quantitative estimate of drug-likeness (QED) is 0.653. The summed E-state index contributed by atoms with van der Waals surface area (Å²) < 4.78 is 0. The van der Waals surface area contributed by atoms with Gasteiger partial charge < -0.3 is 15.9 Å². The number of halogens is 1. The zero-order chi connectivity index (χ0) is 12.0. The van der Waals surface area contributed by atoms with Crippen molar-refractivity contribution in [2.24, 2.45) is 5.73 Å². The fraction of sp³-hybridized carbons (Fsp3) is 0.500. The summed E-state index contributed by atoms with van der Waals surface area (Å²) >= 11 is 5.65. The molecule has 0 aliphatic heterocycles. The van der Waals surface area contributed by atoms with E-state index < -0.39 is 5.60 Å². The summed E-state index contributed by atoms with van der Waals surface area (Å²) in [6.45, 7) is 0.279. The molecular weight excluding hydrogens is 226 g/mol. The summed E-state index contributed by atoms with van der Waals surface area (Å²) in [5, 5.41) is 19.0. The van der Waals surface area contributed by atoms with Crippen molar-refractivity contribution in [3.63, 3.8) is 0 Å². The Hall–Kier alpha value is -0.610. The summed E-state index contributed by atoms with van der Waals surface area (Å²) in [6, 6.07) is 7.45. The van der Waals surface area contributed by atoms with E-state index in [1.54, 1.807) is 0 Å². The number of hydrogen-bond donors (Lipinski definition) is 3. The van der Waals surface area contributed by atoms with Crippen molar-refractivity contribution in [2.75, 3.05) is 19.0 Å². The molecule has 0 fully saturated rings. The minimum absolute atomic E-state index is 0.127. The van der Waals surface area contributed by atoms with E-state index >= 15 is 0 Å². The van der Waals surface area contributed by atoms with Gasteiger partial charge in [-0.25, -0.2) is 0 Å². The molecule has 90 valence electrons. The van der Waals surface area contributed by atoms with Crippen LogP contribution in [0.2, 0.25) is 0 Å². The lowest BCUT2D eigenvalue weighted by atomic mass is 9.90. The second-order valence-electron chi connectivity index (χ2n) is 3.85. The van der Waals surface area contributed by atoms with Gasteiger partial charge in [0.2, 0.25) is 0 Å². The third-order valence-electron chi connectivity index (χ3n) is 2.74. The van der Waals surface area contributed by atoms with E-state index in [1.165, 1.54) is 0 Å². The minimum Gasteiger partial charge on any atom is -0.396 e. The van der Waals surface area contributed by atoms with Crippen LogP contribution in [-0.4, -0.2) is 29.2 Å². The third kappa shape index (κ3) is 3.19. The fourth-order valence-electron chi connectivity index (χ4n) is 1.63. The zero-order valence-electron chi connectivity index (χ0n) is 9.19. The van der Waals surface area contributed by atoms with Gasteiger partial charge in [-0.2, -0.15) is 0 Å². The smallest absolute Gasteiger partial charge is 0.103 e. The van der Waals surface area contributed by atoms with Crippen LogP contribution < -0.4 is 5.73 Å². The molecule has 4 heteroatoms. The maximum atomic E-state index is 10.3. The lowest BCUT2D eigenvalue weighted by Gasteiger charge is -2.26. The van der Waals surface area contributed by atoms with E-state index in [9.17, 15) is 5.11 Å². The molecule has 0 aliphatic rings. The highest BCUT2D eigenvalue weighted by molar-refractivity contribution is 6.17. The number of aliphatic hydroxyl groups excluding tert-OH is 1. The highest BCUT2D eigenvalue weighted by atomic mass is 35.5. The second kappa shape index (κ2) is 6.21. The Morgan fingerprint density at radius 2 is 1.88 bits per heavy atom. The highest BCUT2D eigenvalue weighted by Gasteiger charge is 2.26. The van der Waals surface area contributed by atoms with Crippen LogP contribution in [0, 0.1) is 0 Å². The number of benzene rings is 1. The van der Waals surface area contributed by atoms with Gasteiger partial charge >= 0.3 is 0 Å². The first kappa shape index (κ1) is 13.5. The lowest BCUT2D eigenvalue weighted by molar-refractivity contribution is 0.0428. The monoisotopic (exact) mass is 243 g/mol. The average Bonchev–Trinajstić information content (AvgIpc) is 2.30. The van der Waals surface area contributed by atoms with Crippen molar-refractivity contribution >= 4 is 11.6 Å². The van der Waals surface area contributed by atoms with Crippen LogP contribution in [0.5, 0.6) is 0 Å². The molecule has 0 heterocycles. The molecule has 16 heavy (non-hydrogen) atoms. The predicted octanol–water partition coefficient (Wildman–Crippen LogP) is 0.997. The molecule has 4 N–H and O–H groups in total. The van der Waals surface area contributed by atoms with Gasteiger partial charge in [0.25, 0.3) is 0 Å². The van der Waals surface area contributed by atoms with Crippen molar-refractivity contribution in [1.29, 1.82) is 0 Å². The normalized spacial score (nSPS) is 14.8. The summed E-state index contributed by atoms with van der Waals surface area (Å²) in [7, 11) is 0. The molecule has 0 saturated carbocycles. The Morgan fingerprint density at radius 3 is 2.31 bits per heavy atom. The average molecular weight is 244 g/mol. The lowest BCUT2D eigenvalue weighted by Crippen LogP contribution is -2.35. The van der Waals surface area contributed by atoms with E-state index in [0.717, 1.165) is 11.1 Å². The molecule has 0 unspecified atom stereocenters. The van der Waals surface area contributed by atoms with Crippen LogP contribution in [-0.2, 0) is 12.0 Å².